The predicted molar refractivity (Wildman–Crippen MR) is 125 cm³/mol. The van der Waals surface area contributed by atoms with Gasteiger partial charge in [-0.2, -0.15) is 0 Å². The summed E-state index contributed by atoms with van der Waals surface area (Å²) in [5.41, 5.74) is 7.13. The first-order valence-corrected chi connectivity index (χ1v) is 11.6. The Morgan fingerprint density at radius 3 is 2.76 bits per heavy atom. The Kier molecular flexibility index (Phi) is 6.36. The molecule has 2 aromatic heterocycles. The van der Waals surface area contributed by atoms with Gasteiger partial charge in [-0.3, -0.25) is 4.79 Å². The van der Waals surface area contributed by atoms with Crippen LogP contribution in [-0.2, 0) is 21.4 Å². The van der Waals surface area contributed by atoms with Crippen LogP contribution in [0, 0.1) is 25.6 Å². The third kappa shape index (κ3) is 4.41. The second-order valence-corrected chi connectivity index (χ2v) is 9.18. The third-order valence-corrected chi connectivity index (χ3v) is 6.86. The van der Waals surface area contributed by atoms with Gasteiger partial charge in [-0.15, -0.1) is 0 Å². The SMILES string of the molecule is Cc1noc(C)c1[C@@H]1OC[C@H]2OC(N)=N[C@](C)(c3cc(CC(=O)c4cnc(OCF)cn4)ccc3F)[C@H]21. The van der Waals surface area contributed by atoms with Crippen molar-refractivity contribution in [1.82, 2.24) is 15.1 Å². The highest BCUT2D eigenvalue weighted by Gasteiger charge is 2.56. The standard InChI is InChI=1S/C25H25F2N5O5/c1-12-21(13(2)37-32-12)23-22-19(10-34-23)36-24(28)31-25(22,3)15-6-14(4-5-16(15)27)7-18(33)17-8-30-20(9-29-17)35-11-26/h4-6,8-9,19,22-23H,7,10-11H2,1-3H3,(H2,28,31)/t19-,22-,23+,25-/m1/s1. The van der Waals surface area contributed by atoms with E-state index in [0.29, 0.717) is 17.0 Å². The number of aliphatic imine (C=N–C) groups is 1. The first kappa shape index (κ1) is 24.8. The van der Waals surface area contributed by atoms with E-state index >= 15 is 4.39 Å². The maximum atomic E-state index is 15.4. The van der Waals surface area contributed by atoms with E-state index in [0.717, 1.165) is 5.56 Å². The highest BCUT2D eigenvalue weighted by Crippen LogP contribution is 2.52. The maximum absolute atomic E-state index is 15.4. The van der Waals surface area contributed by atoms with Crippen LogP contribution in [0.3, 0.4) is 0 Å². The molecule has 3 aromatic rings. The number of Topliss-reactive ketones (excluding diaryl/α,β-unsaturated/α-hetero) is 1. The summed E-state index contributed by atoms with van der Waals surface area (Å²) >= 11 is 0. The molecule has 5 rings (SSSR count). The van der Waals surface area contributed by atoms with Gasteiger partial charge in [-0.1, -0.05) is 11.2 Å². The van der Waals surface area contributed by atoms with Crippen LogP contribution in [0.1, 0.15) is 51.7 Å². The summed E-state index contributed by atoms with van der Waals surface area (Å²) in [6.07, 6.45) is 1.29. The van der Waals surface area contributed by atoms with Crippen LogP contribution < -0.4 is 10.5 Å². The molecule has 37 heavy (non-hydrogen) atoms. The molecule has 1 aromatic carbocycles. The van der Waals surface area contributed by atoms with E-state index in [-0.39, 0.29) is 42.0 Å². The number of carbonyl (C=O) groups excluding carboxylic acids is 1. The minimum Gasteiger partial charge on any atom is -0.459 e. The van der Waals surface area contributed by atoms with Crippen molar-refractivity contribution in [2.45, 2.75) is 44.9 Å². The quantitative estimate of drug-likeness (QED) is 0.472. The number of hydrogen-bond acceptors (Lipinski definition) is 10. The zero-order valence-corrected chi connectivity index (χ0v) is 20.4. The van der Waals surface area contributed by atoms with Crippen LogP contribution >= 0.6 is 0 Å². The Hall–Kier alpha value is -3.93. The number of alkyl halides is 1. The highest BCUT2D eigenvalue weighted by molar-refractivity contribution is 5.95. The van der Waals surface area contributed by atoms with Crippen molar-refractivity contribution in [3.8, 4) is 5.88 Å². The van der Waals surface area contributed by atoms with Gasteiger partial charge >= 0.3 is 0 Å². The molecule has 0 aliphatic carbocycles. The zero-order valence-electron chi connectivity index (χ0n) is 20.4. The average Bonchev–Trinajstić information content (AvgIpc) is 3.43. The van der Waals surface area contributed by atoms with Crippen molar-refractivity contribution in [3.05, 3.63) is 70.2 Å². The van der Waals surface area contributed by atoms with Crippen LogP contribution in [0.5, 0.6) is 5.88 Å². The van der Waals surface area contributed by atoms with Crippen LogP contribution in [0.2, 0.25) is 0 Å². The second kappa shape index (κ2) is 9.51. The molecule has 0 amide bonds. The summed E-state index contributed by atoms with van der Waals surface area (Å²) in [6, 6.07) is 4.35. The number of carbonyl (C=O) groups is 1. The average molecular weight is 514 g/mol. The summed E-state index contributed by atoms with van der Waals surface area (Å²) in [5.74, 6) is -0.754. The van der Waals surface area contributed by atoms with E-state index in [4.69, 9.17) is 19.7 Å². The number of fused-ring (bicyclic) bond motifs is 1. The number of rotatable bonds is 7. The van der Waals surface area contributed by atoms with Gasteiger partial charge in [0, 0.05) is 17.5 Å². The van der Waals surface area contributed by atoms with Crippen molar-refractivity contribution >= 4 is 11.8 Å². The molecule has 12 heteroatoms. The van der Waals surface area contributed by atoms with Crippen molar-refractivity contribution in [2.75, 3.05) is 13.5 Å². The Balaban J connectivity index is 1.49. The number of benzene rings is 1. The molecule has 194 valence electrons. The van der Waals surface area contributed by atoms with E-state index in [1.807, 2.05) is 6.92 Å². The molecule has 10 nitrogen and oxygen atoms in total. The summed E-state index contributed by atoms with van der Waals surface area (Å²) in [4.78, 5) is 25.2. The maximum Gasteiger partial charge on any atom is 0.283 e. The van der Waals surface area contributed by atoms with E-state index < -0.39 is 36.3 Å². The van der Waals surface area contributed by atoms with Gasteiger partial charge in [0.1, 0.15) is 28.9 Å². The van der Waals surface area contributed by atoms with Gasteiger partial charge in [-0.25, -0.2) is 23.7 Å². The van der Waals surface area contributed by atoms with Gasteiger partial charge in [0.05, 0.1) is 36.7 Å². The molecule has 4 heterocycles. The first-order chi connectivity index (χ1) is 17.7. The number of hydrogen-bond donors (Lipinski definition) is 1. The highest BCUT2D eigenvalue weighted by atomic mass is 19.1. The number of halogens is 2. The molecule has 0 unspecified atom stereocenters. The van der Waals surface area contributed by atoms with Crippen molar-refractivity contribution in [2.24, 2.45) is 16.6 Å². The Bertz CT molecular complexity index is 1340. The monoisotopic (exact) mass is 513 g/mol. The molecule has 4 atom stereocenters. The van der Waals surface area contributed by atoms with E-state index in [1.54, 1.807) is 19.9 Å². The minimum absolute atomic E-state index is 0.0350. The molecule has 2 aliphatic rings. The summed E-state index contributed by atoms with van der Waals surface area (Å²) in [6.45, 7) is 4.55. The fourth-order valence-electron chi connectivity index (χ4n) is 5.19. The lowest BCUT2D eigenvalue weighted by Gasteiger charge is -2.41. The molecule has 2 N–H and O–H groups in total. The number of amidine groups is 1. The van der Waals surface area contributed by atoms with Gasteiger partial charge in [0.25, 0.3) is 6.02 Å². The smallest absolute Gasteiger partial charge is 0.283 e. The topological polar surface area (TPSA) is 135 Å². The van der Waals surface area contributed by atoms with Crippen LogP contribution in [-0.4, -0.2) is 46.5 Å². The number of aromatic nitrogens is 3. The molecule has 0 radical (unpaired) electrons. The van der Waals surface area contributed by atoms with E-state index in [9.17, 15) is 9.18 Å². The Labute approximate surface area is 210 Å². The van der Waals surface area contributed by atoms with Crippen molar-refractivity contribution < 1.29 is 32.3 Å². The molecule has 2 aliphatic heterocycles. The number of nitrogens with two attached hydrogens (primary N) is 1. The van der Waals surface area contributed by atoms with Gasteiger partial charge in [-0.05, 0) is 38.5 Å². The summed E-state index contributed by atoms with van der Waals surface area (Å²) in [7, 11) is 0. The summed E-state index contributed by atoms with van der Waals surface area (Å²) < 4.78 is 49.6. The van der Waals surface area contributed by atoms with Crippen molar-refractivity contribution in [1.29, 1.82) is 0 Å². The second-order valence-electron chi connectivity index (χ2n) is 9.18. The predicted octanol–water partition coefficient (Wildman–Crippen LogP) is 3.27. The van der Waals surface area contributed by atoms with E-state index in [2.05, 4.69) is 24.9 Å². The molecule has 0 spiro atoms. The number of ketones is 1. The summed E-state index contributed by atoms with van der Waals surface area (Å²) in [5, 5.41) is 4.04. The molecule has 0 saturated carbocycles. The number of ether oxygens (including phenoxy) is 3. The number of aryl methyl sites for hydroxylation is 2. The Morgan fingerprint density at radius 1 is 1.27 bits per heavy atom. The van der Waals surface area contributed by atoms with Crippen LogP contribution in [0.25, 0.3) is 0 Å². The van der Waals surface area contributed by atoms with Gasteiger partial charge < -0.3 is 24.5 Å². The fraction of sp³-hybridized carbons (Fsp3) is 0.400. The van der Waals surface area contributed by atoms with Crippen LogP contribution in [0.4, 0.5) is 8.78 Å². The lowest BCUT2D eigenvalue weighted by Crippen LogP contribution is -2.48. The molecular formula is C25H25F2N5O5. The fourth-order valence-corrected chi connectivity index (χ4v) is 5.19. The lowest BCUT2D eigenvalue weighted by atomic mass is 9.72. The molecule has 0 bridgehead atoms. The normalized spacial score (nSPS) is 24.8. The van der Waals surface area contributed by atoms with Crippen LogP contribution in [0.15, 0.2) is 40.1 Å². The third-order valence-electron chi connectivity index (χ3n) is 6.86. The van der Waals surface area contributed by atoms with Gasteiger partial charge in [0.15, 0.2) is 5.78 Å². The zero-order chi connectivity index (χ0) is 26.3. The lowest BCUT2D eigenvalue weighted by molar-refractivity contribution is 0.0543. The first-order valence-electron chi connectivity index (χ1n) is 11.6. The number of nitrogens with zero attached hydrogens (tertiary/aromatic N) is 4. The molecular weight excluding hydrogens is 488 g/mol. The van der Waals surface area contributed by atoms with Gasteiger partial charge in [0.2, 0.25) is 12.7 Å². The van der Waals surface area contributed by atoms with Crippen molar-refractivity contribution in [3.63, 3.8) is 0 Å². The molecule has 1 fully saturated rings. The molecule has 1 saturated heterocycles. The Morgan fingerprint density at radius 2 is 2.08 bits per heavy atom. The van der Waals surface area contributed by atoms with E-state index in [1.165, 1.54) is 24.5 Å². The largest absolute Gasteiger partial charge is 0.459 e. The minimum atomic E-state index is -1.18.